The summed E-state index contributed by atoms with van der Waals surface area (Å²) < 4.78 is 4.98. The van der Waals surface area contributed by atoms with Crippen LogP contribution in [0, 0.1) is 23.7 Å². The topological polar surface area (TPSA) is 13.1 Å². The molecule has 58 valence electrons. The molecule has 1 heteroatoms. The van der Waals surface area contributed by atoms with E-state index in [-0.39, 0.29) is 0 Å². The quantitative estimate of drug-likeness (QED) is 0.525. The molecular weight excluding hydrogens is 148 g/mol. The summed E-state index contributed by atoms with van der Waals surface area (Å²) in [7, 11) is 0. The summed E-state index contributed by atoms with van der Waals surface area (Å²) in [6.45, 7) is 1.91. The third-order valence-corrected chi connectivity index (χ3v) is 1.09. The van der Waals surface area contributed by atoms with Crippen molar-refractivity contribution in [3.05, 3.63) is 36.3 Å². The maximum absolute atomic E-state index is 4.98. The molecule has 12 heavy (non-hydrogen) atoms. The molecule has 0 amide bonds. The number of rotatable bonds is 0. The Hall–Kier alpha value is -1.86. The number of allylic oxidation sites excluding steroid dienone is 2. The lowest BCUT2D eigenvalue weighted by atomic mass is 10.4. The Morgan fingerprint density at radius 2 is 2.33 bits per heavy atom. The second kappa shape index (κ2) is 4.88. The fraction of sp³-hybridized carbons (Fsp3) is 0.0909. The highest BCUT2D eigenvalue weighted by Gasteiger charge is 1.82. The molecule has 0 aliphatic rings. The predicted molar refractivity (Wildman–Crippen MR) is 48.2 cm³/mol. The summed E-state index contributed by atoms with van der Waals surface area (Å²) >= 11 is 0. The molecule has 1 aromatic heterocycles. The zero-order valence-electron chi connectivity index (χ0n) is 6.79. The van der Waals surface area contributed by atoms with Gasteiger partial charge in [0.25, 0.3) is 0 Å². The molecule has 1 rings (SSSR count). The zero-order chi connectivity index (χ0) is 8.65. The third-order valence-electron chi connectivity index (χ3n) is 1.09. The van der Waals surface area contributed by atoms with E-state index in [0.717, 1.165) is 0 Å². The van der Waals surface area contributed by atoms with Crippen LogP contribution in [0.3, 0.4) is 0 Å². The van der Waals surface area contributed by atoms with Gasteiger partial charge in [0.1, 0.15) is 0 Å². The molecular formula is C11H8O. The average Bonchev–Trinajstić information content (AvgIpc) is 2.57. The van der Waals surface area contributed by atoms with Crippen molar-refractivity contribution in [2.24, 2.45) is 0 Å². The van der Waals surface area contributed by atoms with Crippen molar-refractivity contribution < 1.29 is 4.42 Å². The van der Waals surface area contributed by atoms with E-state index in [0.29, 0.717) is 5.76 Å². The van der Waals surface area contributed by atoms with Crippen molar-refractivity contribution in [2.75, 3.05) is 0 Å². The molecule has 1 aromatic rings. The lowest BCUT2D eigenvalue weighted by Crippen LogP contribution is -1.60. The van der Waals surface area contributed by atoms with Crippen LogP contribution < -0.4 is 0 Å². The van der Waals surface area contributed by atoms with Crippen LogP contribution in [0.25, 0.3) is 0 Å². The first-order valence-corrected chi connectivity index (χ1v) is 3.59. The lowest BCUT2D eigenvalue weighted by molar-refractivity contribution is 0.554. The van der Waals surface area contributed by atoms with Crippen LogP contribution in [0.2, 0.25) is 0 Å². The van der Waals surface area contributed by atoms with Gasteiger partial charge in [0.15, 0.2) is 5.76 Å². The van der Waals surface area contributed by atoms with Crippen LogP contribution in [0.4, 0.5) is 0 Å². The first-order valence-electron chi connectivity index (χ1n) is 3.59. The minimum atomic E-state index is 0.643. The molecule has 0 fully saturated rings. The van der Waals surface area contributed by atoms with Gasteiger partial charge in [-0.1, -0.05) is 12.0 Å². The first-order chi connectivity index (χ1) is 5.93. The Labute approximate surface area is 72.1 Å². The Morgan fingerprint density at radius 3 is 3.00 bits per heavy atom. The second-order valence-corrected chi connectivity index (χ2v) is 2.00. The molecule has 0 unspecified atom stereocenters. The summed E-state index contributed by atoms with van der Waals surface area (Å²) in [5.74, 6) is 11.5. The summed E-state index contributed by atoms with van der Waals surface area (Å²) in [6, 6.07) is 3.59. The Balaban J connectivity index is 2.58. The van der Waals surface area contributed by atoms with Gasteiger partial charge in [-0.25, -0.2) is 0 Å². The van der Waals surface area contributed by atoms with E-state index in [2.05, 4.69) is 23.7 Å². The Kier molecular flexibility index (Phi) is 3.35. The van der Waals surface area contributed by atoms with E-state index < -0.39 is 0 Å². The minimum Gasteiger partial charge on any atom is -0.456 e. The lowest BCUT2D eigenvalue weighted by Gasteiger charge is -1.71. The van der Waals surface area contributed by atoms with E-state index in [4.69, 9.17) is 4.42 Å². The largest absolute Gasteiger partial charge is 0.456 e. The maximum Gasteiger partial charge on any atom is 0.177 e. The molecule has 0 N–H and O–H groups in total. The molecule has 0 aliphatic carbocycles. The minimum absolute atomic E-state index is 0.643. The fourth-order valence-corrected chi connectivity index (χ4v) is 0.604. The number of furan rings is 1. The molecule has 0 bridgehead atoms. The average molecular weight is 156 g/mol. The van der Waals surface area contributed by atoms with Gasteiger partial charge in [0, 0.05) is 0 Å². The Morgan fingerprint density at radius 1 is 1.42 bits per heavy atom. The van der Waals surface area contributed by atoms with Gasteiger partial charge < -0.3 is 4.42 Å². The van der Waals surface area contributed by atoms with Crippen LogP contribution in [0.15, 0.2) is 35.0 Å². The predicted octanol–water partition coefficient (Wildman–Crippen LogP) is 2.21. The van der Waals surface area contributed by atoms with Crippen molar-refractivity contribution in [3.63, 3.8) is 0 Å². The van der Waals surface area contributed by atoms with Crippen LogP contribution in [-0.2, 0) is 0 Å². The van der Waals surface area contributed by atoms with Crippen molar-refractivity contribution in [2.45, 2.75) is 6.92 Å². The SMILES string of the molecule is C/C=C\C#CC#Cc1ccco1. The summed E-state index contributed by atoms with van der Waals surface area (Å²) in [6.07, 6.45) is 5.20. The molecule has 0 radical (unpaired) electrons. The van der Waals surface area contributed by atoms with Gasteiger partial charge in [-0.2, -0.15) is 0 Å². The highest BCUT2D eigenvalue weighted by molar-refractivity contribution is 5.36. The standard InChI is InChI=1S/C11H8O/c1-2-3-4-5-6-8-11-9-7-10-12-11/h2-3,7,9-10H,1H3/b3-2-. The van der Waals surface area contributed by atoms with E-state index in [1.54, 1.807) is 24.5 Å². The molecule has 0 spiro atoms. The van der Waals surface area contributed by atoms with Gasteiger partial charge in [0.2, 0.25) is 0 Å². The van der Waals surface area contributed by atoms with Crippen LogP contribution >= 0.6 is 0 Å². The van der Waals surface area contributed by atoms with Crippen molar-refractivity contribution in [1.29, 1.82) is 0 Å². The smallest absolute Gasteiger partial charge is 0.177 e. The van der Waals surface area contributed by atoms with Crippen LogP contribution in [-0.4, -0.2) is 0 Å². The van der Waals surface area contributed by atoms with E-state index in [1.165, 1.54) is 0 Å². The van der Waals surface area contributed by atoms with E-state index >= 15 is 0 Å². The third kappa shape index (κ3) is 2.82. The van der Waals surface area contributed by atoms with Gasteiger partial charge in [-0.05, 0) is 42.9 Å². The second-order valence-electron chi connectivity index (χ2n) is 2.00. The number of hydrogen-bond donors (Lipinski definition) is 0. The molecule has 0 saturated carbocycles. The van der Waals surface area contributed by atoms with Crippen molar-refractivity contribution in [3.8, 4) is 23.7 Å². The summed E-state index contributed by atoms with van der Waals surface area (Å²) in [4.78, 5) is 0. The van der Waals surface area contributed by atoms with Gasteiger partial charge in [-0.3, -0.25) is 0 Å². The van der Waals surface area contributed by atoms with E-state index in [9.17, 15) is 0 Å². The monoisotopic (exact) mass is 156 g/mol. The molecule has 0 atom stereocenters. The number of hydrogen-bond acceptors (Lipinski definition) is 1. The van der Waals surface area contributed by atoms with Gasteiger partial charge in [0.05, 0.1) is 6.26 Å². The summed E-state index contributed by atoms with van der Waals surface area (Å²) in [5, 5.41) is 0. The highest BCUT2D eigenvalue weighted by atomic mass is 16.3. The first kappa shape index (κ1) is 8.24. The normalized spacial score (nSPS) is 8.42. The van der Waals surface area contributed by atoms with Crippen LogP contribution in [0.1, 0.15) is 12.7 Å². The maximum atomic E-state index is 4.98. The van der Waals surface area contributed by atoms with Crippen molar-refractivity contribution >= 4 is 0 Å². The fourth-order valence-electron chi connectivity index (χ4n) is 0.604. The van der Waals surface area contributed by atoms with Gasteiger partial charge >= 0.3 is 0 Å². The van der Waals surface area contributed by atoms with E-state index in [1.807, 2.05) is 13.0 Å². The van der Waals surface area contributed by atoms with Crippen molar-refractivity contribution in [1.82, 2.24) is 0 Å². The Bertz CT molecular complexity index is 361. The highest BCUT2D eigenvalue weighted by Crippen LogP contribution is 1.95. The molecule has 0 saturated heterocycles. The molecule has 1 heterocycles. The zero-order valence-corrected chi connectivity index (χ0v) is 6.79. The molecule has 0 aliphatic heterocycles. The summed E-state index contributed by atoms with van der Waals surface area (Å²) in [5.41, 5.74) is 0. The van der Waals surface area contributed by atoms with Crippen LogP contribution in [0.5, 0.6) is 0 Å². The molecule has 0 aromatic carbocycles. The molecule has 1 nitrogen and oxygen atoms in total. The van der Waals surface area contributed by atoms with Gasteiger partial charge in [-0.15, -0.1) is 0 Å².